The number of anilines is 1. The highest BCUT2D eigenvalue weighted by Gasteiger charge is 2.13. The van der Waals surface area contributed by atoms with Gasteiger partial charge in [-0.25, -0.2) is 9.59 Å². The molecule has 10 nitrogen and oxygen atoms in total. The van der Waals surface area contributed by atoms with Crippen molar-refractivity contribution < 1.29 is 29.0 Å². The number of carbonyl (C=O) groups is 2. The molecule has 2 N–H and O–H groups in total. The van der Waals surface area contributed by atoms with Crippen LogP contribution in [0, 0.1) is 0 Å². The molecule has 34 heavy (non-hydrogen) atoms. The van der Waals surface area contributed by atoms with E-state index < -0.39 is 17.8 Å². The molecule has 0 saturated heterocycles. The maximum Gasteiger partial charge on any atom is 0.437 e. The molecule has 0 atom stereocenters. The van der Waals surface area contributed by atoms with E-state index in [2.05, 4.69) is 15.3 Å². The molecule has 10 heteroatoms. The van der Waals surface area contributed by atoms with Crippen LogP contribution in [0.5, 0.6) is 5.88 Å². The van der Waals surface area contributed by atoms with Crippen molar-refractivity contribution in [3.63, 3.8) is 0 Å². The van der Waals surface area contributed by atoms with Gasteiger partial charge in [0.15, 0.2) is 5.82 Å². The average molecular weight is 466 g/mol. The summed E-state index contributed by atoms with van der Waals surface area (Å²) in [5.74, 6) is -0.0825. The summed E-state index contributed by atoms with van der Waals surface area (Å²) in [5.41, 5.74) is 1.14. The van der Waals surface area contributed by atoms with E-state index in [-0.39, 0.29) is 24.9 Å². The Morgan fingerprint density at radius 3 is 2.24 bits per heavy atom. The zero-order valence-corrected chi connectivity index (χ0v) is 18.7. The minimum atomic E-state index is -0.970. The average Bonchev–Trinajstić information content (AvgIpc) is 2.85. The highest BCUT2D eigenvalue weighted by Crippen LogP contribution is 2.13. The Balaban J connectivity index is 1.75. The van der Waals surface area contributed by atoms with E-state index in [0.717, 1.165) is 24.0 Å². The Hall–Kier alpha value is -4.34. The number of hydrogen-bond acceptors (Lipinski definition) is 7. The Morgan fingerprint density at radius 2 is 1.62 bits per heavy atom. The van der Waals surface area contributed by atoms with Crippen molar-refractivity contribution in [2.45, 2.75) is 33.0 Å². The summed E-state index contributed by atoms with van der Waals surface area (Å²) in [6.07, 6.45) is -0.131. The number of benzene rings is 2. The van der Waals surface area contributed by atoms with Gasteiger partial charge >= 0.3 is 12.2 Å². The molecule has 0 aliphatic heterocycles. The van der Waals surface area contributed by atoms with Gasteiger partial charge in [-0.1, -0.05) is 74.0 Å². The molecule has 1 heterocycles. The first-order valence-corrected chi connectivity index (χ1v) is 10.7. The second-order valence-corrected chi connectivity index (χ2v) is 7.13. The van der Waals surface area contributed by atoms with Gasteiger partial charge in [0.05, 0.1) is 6.61 Å². The molecule has 0 unspecified atom stereocenters. The van der Waals surface area contributed by atoms with Gasteiger partial charge in [-0.15, -0.1) is 9.72 Å². The number of hydrogen-bond donors (Lipinski definition) is 2. The van der Waals surface area contributed by atoms with Crippen LogP contribution in [0.3, 0.4) is 0 Å². The third-order valence-electron chi connectivity index (χ3n) is 4.48. The Morgan fingerprint density at radius 1 is 1.00 bits per heavy atom. The van der Waals surface area contributed by atoms with Crippen LogP contribution in [0.25, 0.3) is 0 Å². The number of rotatable bonds is 9. The highest BCUT2D eigenvalue weighted by molar-refractivity contribution is 5.83. The first-order chi connectivity index (χ1) is 16.5. The minimum absolute atomic E-state index is 0.00177. The SMILES string of the molecule is CCCCOc1cc(NC(=O)OCc2ccccc2)n(O)/c(=N/C(=O)OCc2ccccc2)n1. The number of nitrogens with one attached hydrogen (secondary N) is 1. The molecule has 0 saturated carbocycles. The minimum Gasteiger partial charge on any atom is -0.477 e. The summed E-state index contributed by atoms with van der Waals surface area (Å²) < 4.78 is 16.3. The Kier molecular flexibility index (Phi) is 9.03. The lowest BCUT2D eigenvalue weighted by atomic mass is 10.2. The molecule has 0 radical (unpaired) electrons. The first kappa shape index (κ1) is 24.3. The van der Waals surface area contributed by atoms with Gasteiger partial charge in [0.2, 0.25) is 5.88 Å². The zero-order chi connectivity index (χ0) is 24.2. The van der Waals surface area contributed by atoms with Gasteiger partial charge in [0.25, 0.3) is 5.62 Å². The quantitative estimate of drug-likeness (QED) is 0.356. The van der Waals surface area contributed by atoms with Crippen molar-refractivity contribution in [2.75, 3.05) is 11.9 Å². The summed E-state index contributed by atoms with van der Waals surface area (Å²) in [4.78, 5) is 32.2. The normalized spacial score (nSPS) is 11.0. The lowest BCUT2D eigenvalue weighted by Crippen LogP contribution is -2.29. The van der Waals surface area contributed by atoms with E-state index in [1.165, 1.54) is 6.07 Å². The zero-order valence-electron chi connectivity index (χ0n) is 18.7. The number of amides is 2. The highest BCUT2D eigenvalue weighted by atomic mass is 16.6. The van der Waals surface area contributed by atoms with Crippen molar-refractivity contribution in [2.24, 2.45) is 4.99 Å². The topological polar surface area (TPSA) is 124 Å². The molecule has 0 fully saturated rings. The third kappa shape index (κ3) is 7.66. The first-order valence-electron chi connectivity index (χ1n) is 10.7. The summed E-state index contributed by atoms with van der Waals surface area (Å²) in [6, 6.07) is 19.5. The van der Waals surface area contributed by atoms with E-state index in [0.29, 0.717) is 11.3 Å². The molecule has 0 aliphatic carbocycles. The number of unbranched alkanes of at least 4 members (excludes halogenated alkanes) is 1. The third-order valence-corrected chi connectivity index (χ3v) is 4.48. The van der Waals surface area contributed by atoms with Gasteiger partial charge in [-0.3, -0.25) is 5.32 Å². The van der Waals surface area contributed by atoms with Crippen LogP contribution in [-0.2, 0) is 22.7 Å². The van der Waals surface area contributed by atoms with Crippen LogP contribution < -0.4 is 15.7 Å². The Labute approximate surface area is 196 Å². The number of nitrogens with zero attached hydrogens (tertiary/aromatic N) is 3. The van der Waals surface area contributed by atoms with E-state index in [1.54, 1.807) is 12.1 Å². The number of ether oxygens (including phenoxy) is 3. The van der Waals surface area contributed by atoms with Crippen LogP contribution >= 0.6 is 0 Å². The molecule has 2 aromatic carbocycles. The molecule has 3 rings (SSSR count). The monoisotopic (exact) mass is 466 g/mol. The second kappa shape index (κ2) is 12.6. The molecule has 0 bridgehead atoms. The van der Waals surface area contributed by atoms with E-state index in [9.17, 15) is 14.8 Å². The molecule has 1 aromatic heterocycles. The van der Waals surface area contributed by atoms with E-state index >= 15 is 0 Å². The molecule has 2 amide bonds. The van der Waals surface area contributed by atoms with Crippen molar-refractivity contribution in [3.05, 3.63) is 83.5 Å². The van der Waals surface area contributed by atoms with Gasteiger partial charge < -0.3 is 19.4 Å². The molecule has 0 aliphatic rings. The molecular weight excluding hydrogens is 440 g/mol. The predicted octanol–water partition coefficient (Wildman–Crippen LogP) is 4.29. The maximum absolute atomic E-state index is 12.3. The van der Waals surface area contributed by atoms with Crippen LogP contribution in [0.15, 0.2) is 71.7 Å². The number of carbonyl (C=O) groups excluding carboxylic acids is 2. The van der Waals surface area contributed by atoms with Crippen LogP contribution in [-0.4, -0.2) is 33.7 Å². The number of aromatic nitrogens is 2. The van der Waals surface area contributed by atoms with E-state index in [1.807, 2.05) is 55.5 Å². The summed E-state index contributed by atoms with van der Waals surface area (Å²) in [5, 5.41) is 12.9. The maximum atomic E-state index is 12.3. The van der Waals surface area contributed by atoms with Gasteiger partial charge in [-0.2, -0.15) is 4.98 Å². The smallest absolute Gasteiger partial charge is 0.437 e. The van der Waals surface area contributed by atoms with Crippen molar-refractivity contribution in [3.8, 4) is 5.88 Å². The largest absolute Gasteiger partial charge is 0.477 e. The van der Waals surface area contributed by atoms with Crippen molar-refractivity contribution >= 4 is 18.0 Å². The fourth-order valence-corrected chi connectivity index (χ4v) is 2.72. The fourth-order valence-electron chi connectivity index (χ4n) is 2.72. The van der Waals surface area contributed by atoms with Crippen LogP contribution in [0.1, 0.15) is 30.9 Å². The molecule has 178 valence electrons. The Bertz CT molecular complexity index is 1150. The van der Waals surface area contributed by atoms with Crippen LogP contribution in [0.4, 0.5) is 15.4 Å². The molecular formula is C24H26N4O6. The lowest BCUT2D eigenvalue weighted by Gasteiger charge is -2.12. The van der Waals surface area contributed by atoms with Crippen molar-refractivity contribution in [1.29, 1.82) is 0 Å². The summed E-state index contributed by atoms with van der Waals surface area (Å²) in [6.45, 7) is 2.39. The van der Waals surface area contributed by atoms with E-state index in [4.69, 9.17) is 14.2 Å². The van der Waals surface area contributed by atoms with Crippen LogP contribution in [0.2, 0.25) is 0 Å². The lowest BCUT2D eigenvalue weighted by molar-refractivity contribution is 0.141. The fraction of sp³-hybridized carbons (Fsp3) is 0.250. The summed E-state index contributed by atoms with van der Waals surface area (Å²) >= 11 is 0. The molecule has 0 spiro atoms. The van der Waals surface area contributed by atoms with Gasteiger partial charge in [-0.05, 0) is 17.5 Å². The van der Waals surface area contributed by atoms with Gasteiger partial charge in [0.1, 0.15) is 13.2 Å². The predicted molar refractivity (Wildman–Crippen MR) is 122 cm³/mol. The summed E-state index contributed by atoms with van der Waals surface area (Å²) in [7, 11) is 0. The standard InChI is InChI=1S/C24H26N4O6/c1-2-3-14-32-21-15-20(25-23(29)33-16-18-10-6-4-7-11-18)28(31)22(26-21)27-24(30)34-17-19-12-8-5-9-13-19/h4-13,15,31H,2-3,14,16-17H2,1H3,(H,25,29)/b27-22+. The second-order valence-electron chi connectivity index (χ2n) is 7.13. The van der Waals surface area contributed by atoms with Gasteiger partial charge in [0, 0.05) is 6.07 Å². The van der Waals surface area contributed by atoms with Crippen molar-refractivity contribution in [1.82, 2.24) is 9.71 Å². The molecule has 3 aromatic rings.